The smallest absolute Gasteiger partial charge is 0.243 e. The number of aryl methyl sites for hydroxylation is 1. The third kappa shape index (κ3) is 5.52. The van der Waals surface area contributed by atoms with Gasteiger partial charge in [-0.2, -0.15) is 4.31 Å². The lowest BCUT2D eigenvalue weighted by Gasteiger charge is -2.39. The predicted octanol–water partition coefficient (Wildman–Crippen LogP) is 4.14. The minimum absolute atomic E-state index is 0.000436. The van der Waals surface area contributed by atoms with Gasteiger partial charge in [0.2, 0.25) is 15.9 Å². The van der Waals surface area contributed by atoms with E-state index in [1.54, 1.807) is 41.6 Å². The van der Waals surface area contributed by atoms with Gasteiger partial charge in [-0.3, -0.25) is 4.79 Å². The SMILES string of the molecule is Cc1noc(C=Cc2ccc(S(=O)(=O)N3CCC(N4CCCCC4)CC3)cc2)c1NC(=O)C1CC1. The first-order valence-corrected chi connectivity index (χ1v) is 14.2. The Morgan fingerprint density at radius 1 is 1.00 bits per heavy atom. The van der Waals surface area contributed by atoms with Crippen molar-refractivity contribution in [3.05, 3.63) is 41.3 Å². The lowest BCUT2D eigenvalue weighted by molar-refractivity contribution is -0.117. The molecule has 1 amide bonds. The average molecular weight is 499 g/mol. The summed E-state index contributed by atoms with van der Waals surface area (Å²) < 4.78 is 33.4. The number of nitrogens with zero attached hydrogens (tertiary/aromatic N) is 3. The van der Waals surface area contributed by atoms with Crippen molar-refractivity contribution in [1.82, 2.24) is 14.4 Å². The van der Waals surface area contributed by atoms with Crippen LogP contribution in [0.1, 0.15) is 62.0 Å². The molecule has 0 unspecified atom stereocenters. The maximum Gasteiger partial charge on any atom is 0.243 e. The van der Waals surface area contributed by atoms with Crippen molar-refractivity contribution < 1.29 is 17.7 Å². The largest absolute Gasteiger partial charge is 0.354 e. The van der Waals surface area contributed by atoms with Crippen LogP contribution in [0, 0.1) is 12.8 Å². The number of piperidine rings is 2. The quantitative estimate of drug-likeness (QED) is 0.616. The first-order valence-electron chi connectivity index (χ1n) is 12.7. The number of anilines is 1. The number of amides is 1. The Morgan fingerprint density at radius 3 is 2.34 bits per heavy atom. The van der Waals surface area contributed by atoms with Gasteiger partial charge in [0, 0.05) is 25.0 Å². The van der Waals surface area contributed by atoms with E-state index < -0.39 is 10.0 Å². The molecule has 9 heteroatoms. The van der Waals surface area contributed by atoms with Crippen molar-refractivity contribution in [2.45, 2.75) is 62.8 Å². The van der Waals surface area contributed by atoms with Crippen molar-refractivity contribution in [1.29, 1.82) is 0 Å². The van der Waals surface area contributed by atoms with Gasteiger partial charge in [-0.25, -0.2) is 8.42 Å². The van der Waals surface area contributed by atoms with Crippen LogP contribution in [0.5, 0.6) is 0 Å². The molecular weight excluding hydrogens is 464 g/mol. The van der Waals surface area contributed by atoms with Crippen molar-refractivity contribution in [3.63, 3.8) is 0 Å². The molecule has 1 saturated carbocycles. The van der Waals surface area contributed by atoms with Crippen molar-refractivity contribution >= 4 is 33.8 Å². The summed E-state index contributed by atoms with van der Waals surface area (Å²) in [5.41, 5.74) is 2.05. The number of rotatable bonds is 7. The van der Waals surface area contributed by atoms with E-state index in [9.17, 15) is 13.2 Å². The summed E-state index contributed by atoms with van der Waals surface area (Å²) in [6.07, 6.45) is 11.0. The molecule has 3 aliphatic rings. The molecule has 5 rings (SSSR count). The van der Waals surface area contributed by atoms with Crippen LogP contribution in [0.25, 0.3) is 12.2 Å². The zero-order valence-electron chi connectivity index (χ0n) is 20.3. The fourth-order valence-electron chi connectivity index (χ4n) is 5.03. The van der Waals surface area contributed by atoms with E-state index in [1.165, 1.54) is 19.3 Å². The van der Waals surface area contributed by atoms with Crippen LogP contribution < -0.4 is 5.32 Å². The molecule has 35 heavy (non-hydrogen) atoms. The minimum Gasteiger partial charge on any atom is -0.354 e. The van der Waals surface area contributed by atoms with Gasteiger partial charge in [0.15, 0.2) is 5.76 Å². The highest BCUT2D eigenvalue weighted by atomic mass is 32.2. The molecule has 1 aromatic heterocycles. The Labute approximate surface area is 207 Å². The highest BCUT2D eigenvalue weighted by molar-refractivity contribution is 7.89. The van der Waals surface area contributed by atoms with Gasteiger partial charge in [-0.1, -0.05) is 29.8 Å². The summed E-state index contributed by atoms with van der Waals surface area (Å²) in [6, 6.07) is 7.40. The molecule has 3 fully saturated rings. The van der Waals surface area contributed by atoms with E-state index in [0.29, 0.717) is 41.2 Å². The zero-order chi connectivity index (χ0) is 24.4. The highest BCUT2D eigenvalue weighted by Gasteiger charge is 2.32. The van der Waals surface area contributed by atoms with Gasteiger partial charge < -0.3 is 14.7 Å². The number of aromatic nitrogens is 1. The number of likely N-dealkylation sites (tertiary alicyclic amines) is 1. The Morgan fingerprint density at radius 2 is 1.69 bits per heavy atom. The Kier molecular flexibility index (Phi) is 7.09. The van der Waals surface area contributed by atoms with Crippen LogP contribution in [0.3, 0.4) is 0 Å². The van der Waals surface area contributed by atoms with E-state index in [4.69, 9.17) is 4.52 Å². The molecule has 2 aliphatic heterocycles. The van der Waals surface area contributed by atoms with Crippen LogP contribution in [0.15, 0.2) is 33.7 Å². The number of sulfonamides is 1. The number of hydrogen-bond acceptors (Lipinski definition) is 6. The van der Waals surface area contributed by atoms with Gasteiger partial charge >= 0.3 is 0 Å². The second-order valence-corrected chi connectivity index (χ2v) is 11.8. The van der Waals surface area contributed by atoms with E-state index >= 15 is 0 Å². The number of carbonyl (C=O) groups excluding carboxylic acids is 1. The van der Waals surface area contributed by atoms with Gasteiger partial charge in [-0.05, 0) is 82.3 Å². The highest BCUT2D eigenvalue weighted by Crippen LogP contribution is 2.32. The van der Waals surface area contributed by atoms with Gasteiger partial charge in [-0.15, -0.1) is 0 Å². The van der Waals surface area contributed by atoms with Gasteiger partial charge in [0.25, 0.3) is 0 Å². The third-order valence-electron chi connectivity index (χ3n) is 7.36. The molecule has 0 spiro atoms. The summed E-state index contributed by atoms with van der Waals surface area (Å²) in [4.78, 5) is 15.0. The zero-order valence-corrected chi connectivity index (χ0v) is 21.1. The van der Waals surface area contributed by atoms with E-state index in [2.05, 4.69) is 15.4 Å². The van der Waals surface area contributed by atoms with Crippen LogP contribution in [-0.4, -0.2) is 60.9 Å². The first-order chi connectivity index (χ1) is 16.9. The van der Waals surface area contributed by atoms with Crippen molar-refractivity contribution in [2.24, 2.45) is 5.92 Å². The lowest BCUT2D eigenvalue weighted by Crippen LogP contribution is -2.48. The van der Waals surface area contributed by atoms with Crippen molar-refractivity contribution in [3.8, 4) is 0 Å². The van der Waals surface area contributed by atoms with Crippen LogP contribution in [-0.2, 0) is 14.8 Å². The normalized spacial score (nSPS) is 20.9. The number of benzene rings is 1. The molecule has 1 aromatic carbocycles. The predicted molar refractivity (Wildman–Crippen MR) is 135 cm³/mol. The summed E-state index contributed by atoms with van der Waals surface area (Å²) in [5.74, 6) is 0.566. The van der Waals surface area contributed by atoms with E-state index in [0.717, 1.165) is 44.3 Å². The topological polar surface area (TPSA) is 95.8 Å². The van der Waals surface area contributed by atoms with Gasteiger partial charge in [0.05, 0.1) is 4.90 Å². The summed E-state index contributed by atoms with van der Waals surface area (Å²) in [7, 11) is -3.50. The molecule has 3 heterocycles. The van der Waals surface area contributed by atoms with Crippen LogP contribution in [0.2, 0.25) is 0 Å². The Bertz CT molecular complexity index is 1170. The van der Waals surface area contributed by atoms with E-state index in [-0.39, 0.29) is 11.8 Å². The molecule has 1 N–H and O–H groups in total. The molecule has 2 saturated heterocycles. The first kappa shape index (κ1) is 24.2. The minimum atomic E-state index is -3.50. The summed E-state index contributed by atoms with van der Waals surface area (Å²) in [5, 5.41) is 6.88. The number of nitrogens with one attached hydrogen (secondary N) is 1. The molecule has 0 bridgehead atoms. The van der Waals surface area contributed by atoms with Gasteiger partial charge in [0.1, 0.15) is 11.4 Å². The number of hydrogen-bond donors (Lipinski definition) is 1. The molecule has 0 atom stereocenters. The van der Waals surface area contributed by atoms with Crippen LogP contribution >= 0.6 is 0 Å². The summed E-state index contributed by atoms with van der Waals surface area (Å²) >= 11 is 0. The Balaban J connectivity index is 1.21. The molecule has 1 aliphatic carbocycles. The fourth-order valence-corrected chi connectivity index (χ4v) is 6.50. The molecular formula is C26H34N4O4S. The number of carbonyl (C=O) groups is 1. The maximum absolute atomic E-state index is 13.2. The van der Waals surface area contributed by atoms with Crippen LogP contribution in [0.4, 0.5) is 5.69 Å². The lowest BCUT2D eigenvalue weighted by atomic mass is 10.0. The fraction of sp³-hybridized carbons (Fsp3) is 0.538. The Hall–Kier alpha value is -2.49. The maximum atomic E-state index is 13.2. The monoisotopic (exact) mass is 498 g/mol. The average Bonchev–Trinajstić information content (AvgIpc) is 3.69. The molecule has 2 aromatic rings. The molecule has 8 nitrogen and oxygen atoms in total. The third-order valence-corrected chi connectivity index (χ3v) is 9.27. The molecule has 188 valence electrons. The summed E-state index contributed by atoms with van der Waals surface area (Å²) in [6.45, 7) is 5.23. The van der Waals surface area contributed by atoms with Crippen molar-refractivity contribution in [2.75, 3.05) is 31.5 Å². The molecule has 0 radical (unpaired) electrons. The second-order valence-electron chi connectivity index (χ2n) is 9.91. The van der Waals surface area contributed by atoms with E-state index in [1.807, 2.05) is 6.08 Å². The standard InChI is InChI=1S/C26H34N4O4S/c1-19-25(27-26(31)21-8-9-21)24(34-28-19)12-7-20-5-10-23(11-6-20)35(32,33)30-17-13-22(14-18-30)29-15-3-2-4-16-29/h5-7,10-12,21-22H,2-4,8-9,13-18H2,1H3,(H,27,31). The second kappa shape index (κ2) is 10.2.